The molecule has 0 atom stereocenters. The molecule has 0 spiro atoms. The molecule has 0 saturated carbocycles. The zero-order valence-corrected chi connectivity index (χ0v) is 12.8. The number of amides is 1. The molecule has 2 rings (SSSR count). The van der Waals surface area contributed by atoms with Crippen LogP contribution in [0.25, 0.3) is 0 Å². The van der Waals surface area contributed by atoms with E-state index in [0.29, 0.717) is 12.4 Å². The standard InChI is InChI=1S/C13H15ClN4O2S/c14-10-3-1-2-9(6-10)8-21-5-4-15-12(19)7-11-16-13(20)18-17-11/h1-3,6H,4-5,7-8H2,(H,15,19)(H2,16,17,18,20). The van der Waals surface area contributed by atoms with E-state index < -0.39 is 5.69 Å². The van der Waals surface area contributed by atoms with Gasteiger partial charge in [0.05, 0.1) is 6.42 Å². The third-order valence-corrected chi connectivity index (χ3v) is 3.87. The topological polar surface area (TPSA) is 90.6 Å². The summed E-state index contributed by atoms with van der Waals surface area (Å²) in [7, 11) is 0. The van der Waals surface area contributed by atoms with E-state index in [-0.39, 0.29) is 12.3 Å². The van der Waals surface area contributed by atoms with E-state index in [9.17, 15) is 9.59 Å². The fourth-order valence-electron chi connectivity index (χ4n) is 1.68. The number of aromatic amines is 2. The summed E-state index contributed by atoms with van der Waals surface area (Å²) in [5.41, 5.74) is 0.753. The third kappa shape index (κ3) is 5.65. The van der Waals surface area contributed by atoms with Crippen LogP contribution >= 0.6 is 23.4 Å². The monoisotopic (exact) mass is 326 g/mol. The third-order valence-electron chi connectivity index (χ3n) is 2.60. The van der Waals surface area contributed by atoms with Crippen molar-refractivity contribution in [1.29, 1.82) is 0 Å². The molecule has 1 heterocycles. The molecule has 2 aromatic rings. The molecule has 112 valence electrons. The number of H-pyrrole nitrogens is 2. The van der Waals surface area contributed by atoms with Gasteiger partial charge in [0, 0.05) is 23.1 Å². The quantitative estimate of drug-likeness (QED) is 0.670. The maximum absolute atomic E-state index is 11.6. The number of halogens is 1. The normalized spacial score (nSPS) is 10.5. The summed E-state index contributed by atoms with van der Waals surface area (Å²) < 4.78 is 0. The lowest BCUT2D eigenvalue weighted by molar-refractivity contribution is -0.120. The molecule has 0 aliphatic rings. The van der Waals surface area contributed by atoms with E-state index >= 15 is 0 Å². The van der Waals surface area contributed by atoms with E-state index in [1.807, 2.05) is 24.3 Å². The summed E-state index contributed by atoms with van der Waals surface area (Å²) in [4.78, 5) is 24.8. The lowest BCUT2D eigenvalue weighted by Crippen LogP contribution is -2.27. The molecule has 6 nitrogen and oxygen atoms in total. The highest BCUT2D eigenvalue weighted by molar-refractivity contribution is 7.98. The van der Waals surface area contributed by atoms with Gasteiger partial charge in [0.25, 0.3) is 0 Å². The van der Waals surface area contributed by atoms with Crippen LogP contribution in [-0.2, 0) is 17.0 Å². The number of nitrogens with one attached hydrogen (secondary N) is 3. The summed E-state index contributed by atoms with van der Waals surface area (Å²) in [6, 6.07) is 7.71. The molecule has 0 aliphatic heterocycles. The highest BCUT2D eigenvalue weighted by Crippen LogP contribution is 2.16. The Labute approximate surface area is 130 Å². The number of carbonyl (C=O) groups excluding carboxylic acids is 1. The minimum absolute atomic E-state index is 0.0672. The molecule has 1 amide bonds. The minimum Gasteiger partial charge on any atom is -0.355 e. The Morgan fingerprint density at radius 2 is 2.29 bits per heavy atom. The molecule has 0 aliphatic carbocycles. The first-order valence-corrected chi connectivity index (χ1v) is 7.89. The van der Waals surface area contributed by atoms with Crippen LogP contribution in [0.15, 0.2) is 29.1 Å². The number of hydrogen-bond donors (Lipinski definition) is 3. The zero-order valence-electron chi connectivity index (χ0n) is 11.2. The Kier molecular flexibility index (Phi) is 5.89. The Balaban J connectivity index is 1.61. The van der Waals surface area contributed by atoms with Crippen molar-refractivity contribution in [3.63, 3.8) is 0 Å². The van der Waals surface area contributed by atoms with Gasteiger partial charge in [-0.3, -0.25) is 9.78 Å². The van der Waals surface area contributed by atoms with Crippen molar-refractivity contribution in [2.45, 2.75) is 12.2 Å². The summed E-state index contributed by atoms with van der Waals surface area (Å²) in [6.45, 7) is 0.568. The van der Waals surface area contributed by atoms with Crippen LogP contribution in [0.1, 0.15) is 11.4 Å². The molecule has 8 heteroatoms. The predicted octanol–water partition coefficient (Wildman–Crippen LogP) is 1.34. The van der Waals surface area contributed by atoms with Gasteiger partial charge in [-0.1, -0.05) is 23.7 Å². The van der Waals surface area contributed by atoms with Crippen molar-refractivity contribution in [2.75, 3.05) is 12.3 Å². The van der Waals surface area contributed by atoms with E-state index in [1.165, 1.54) is 0 Å². The van der Waals surface area contributed by atoms with Gasteiger partial charge < -0.3 is 5.32 Å². The summed E-state index contributed by atoms with van der Waals surface area (Å²) >= 11 is 7.62. The average molecular weight is 327 g/mol. The van der Waals surface area contributed by atoms with Crippen LogP contribution in [0.4, 0.5) is 0 Å². The van der Waals surface area contributed by atoms with Gasteiger partial charge in [0.15, 0.2) is 0 Å². The lowest BCUT2D eigenvalue weighted by atomic mass is 10.2. The van der Waals surface area contributed by atoms with Gasteiger partial charge in [-0.2, -0.15) is 16.9 Å². The second-order valence-corrected chi connectivity index (χ2v) is 5.88. The van der Waals surface area contributed by atoms with Gasteiger partial charge in [0.1, 0.15) is 5.82 Å². The molecule has 0 unspecified atom stereocenters. The minimum atomic E-state index is -0.408. The van der Waals surface area contributed by atoms with E-state index in [4.69, 9.17) is 11.6 Å². The Hall–Kier alpha value is -1.73. The Morgan fingerprint density at radius 3 is 3.00 bits per heavy atom. The molecule has 3 N–H and O–H groups in total. The maximum atomic E-state index is 11.6. The fraction of sp³-hybridized carbons (Fsp3) is 0.308. The predicted molar refractivity (Wildman–Crippen MR) is 83.5 cm³/mol. The van der Waals surface area contributed by atoms with Crippen molar-refractivity contribution in [1.82, 2.24) is 20.5 Å². The van der Waals surface area contributed by atoms with Gasteiger partial charge in [-0.25, -0.2) is 9.89 Å². The van der Waals surface area contributed by atoms with Crippen molar-refractivity contribution < 1.29 is 4.79 Å². The molecule has 0 saturated heterocycles. The molecule has 1 aromatic heterocycles. The highest BCUT2D eigenvalue weighted by Gasteiger charge is 2.05. The first-order valence-electron chi connectivity index (χ1n) is 6.36. The number of hydrogen-bond acceptors (Lipinski definition) is 4. The average Bonchev–Trinajstić information content (AvgIpc) is 2.84. The number of thioether (sulfide) groups is 1. The Morgan fingerprint density at radius 1 is 1.43 bits per heavy atom. The molecular weight excluding hydrogens is 312 g/mol. The summed E-state index contributed by atoms with van der Waals surface area (Å²) in [5.74, 6) is 1.82. The number of nitrogens with zero attached hydrogens (tertiary/aromatic N) is 1. The first kappa shape index (κ1) is 15.7. The zero-order chi connectivity index (χ0) is 15.1. The van der Waals surface area contributed by atoms with Crippen molar-refractivity contribution in [3.8, 4) is 0 Å². The van der Waals surface area contributed by atoms with E-state index in [2.05, 4.69) is 20.5 Å². The number of rotatable bonds is 7. The van der Waals surface area contributed by atoms with E-state index in [1.54, 1.807) is 11.8 Å². The fourth-order valence-corrected chi connectivity index (χ4v) is 2.70. The van der Waals surface area contributed by atoms with Crippen LogP contribution in [0.5, 0.6) is 0 Å². The molecule has 0 bridgehead atoms. The Bertz CT molecular complexity index is 655. The number of aromatic nitrogens is 3. The molecule has 0 radical (unpaired) electrons. The van der Waals surface area contributed by atoms with Crippen molar-refractivity contribution in [3.05, 3.63) is 51.2 Å². The van der Waals surface area contributed by atoms with Crippen LogP contribution in [0.2, 0.25) is 5.02 Å². The summed E-state index contributed by atoms with van der Waals surface area (Å²) in [6.07, 6.45) is 0.0672. The second kappa shape index (κ2) is 7.90. The number of carbonyl (C=O) groups is 1. The van der Waals surface area contributed by atoms with Gasteiger partial charge in [-0.05, 0) is 17.7 Å². The molecular formula is C13H15ClN4O2S. The maximum Gasteiger partial charge on any atom is 0.340 e. The van der Waals surface area contributed by atoms with Crippen molar-refractivity contribution in [2.24, 2.45) is 0 Å². The van der Waals surface area contributed by atoms with Crippen LogP contribution in [0, 0.1) is 0 Å². The summed E-state index contributed by atoms with van der Waals surface area (Å²) in [5, 5.41) is 9.40. The smallest absolute Gasteiger partial charge is 0.340 e. The van der Waals surface area contributed by atoms with Gasteiger partial charge in [-0.15, -0.1) is 0 Å². The molecule has 1 aromatic carbocycles. The van der Waals surface area contributed by atoms with Gasteiger partial charge in [0.2, 0.25) is 5.91 Å². The van der Waals surface area contributed by atoms with Crippen LogP contribution in [0.3, 0.4) is 0 Å². The van der Waals surface area contributed by atoms with Gasteiger partial charge >= 0.3 is 5.69 Å². The number of benzene rings is 1. The first-order chi connectivity index (χ1) is 10.1. The SMILES string of the molecule is O=C(Cc1n[nH]c(=O)[nH]1)NCCSCc1cccc(Cl)c1. The van der Waals surface area contributed by atoms with E-state index in [0.717, 1.165) is 22.1 Å². The van der Waals surface area contributed by atoms with Crippen LogP contribution < -0.4 is 11.0 Å². The molecule has 0 fully saturated rings. The van der Waals surface area contributed by atoms with Crippen molar-refractivity contribution >= 4 is 29.3 Å². The second-order valence-electron chi connectivity index (χ2n) is 4.33. The van der Waals surface area contributed by atoms with Crippen LogP contribution in [-0.4, -0.2) is 33.4 Å². The largest absolute Gasteiger partial charge is 0.355 e. The highest BCUT2D eigenvalue weighted by atomic mass is 35.5. The molecule has 21 heavy (non-hydrogen) atoms. The lowest BCUT2D eigenvalue weighted by Gasteiger charge is -2.04.